The second-order valence-corrected chi connectivity index (χ2v) is 6.01. The van der Waals surface area contributed by atoms with Gasteiger partial charge in [-0.15, -0.1) is 0 Å². The zero-order chi connectivity index (χ0) is 18.5. The van der Waals surface area contributed by atoms with Gasteiger partial charge in [0.25, 0.3) is 0 Å². The molecule has 1 aliphatic heterocycles. The van der Waals surface area contributed by atoms with Crippen LogP contribution in [0.2, 0.25) is 5.02 Å². The average molecular weight is 373 g/mol. The summed E-state index contributed by atoms with van der Waals surface area (Å²) in [6.07, 6.45) is -0.0469. The van der Waals surface area contributed by atoms with Crippen molar-refractivity contribution in [1.82, 2.24) is 5.32 Å². The predicted molar refractivity (Wildman–Crippen MR) is 101 cm³/mol. The van der Waals surface area contributed by atoms with Crippen LogP contribution in [-0.4, -0.2) is 30.9 Å². The number of aliphatic imine (C=N–C) groups is 1. The quantitative estimate of drug-likeness (QED) is 0.769. The van der Waals surface area contributed by atoms with E-state index >= 15 is 0 Å². The second-order valence-electron chi connectivity index (χ2n) is 5.57. The number of rotatable bonds is 4. The van der Waals surface area contributed by atoms with Crippen LogP contribution in [0.25, 0.3) is 0 Å². The number of carbonyl (C=O) groups excluding carboxylic acids is 2. The van der Waals surface area contributed by atoms with Gasteiger partial charge >= 0.3 is 0 Å². The number of ether oxygens (including phenoxy) is 1. The minimum atomic E-state index is -0.862. The largest absolute Gasteiger partial charge is 0.495 e. The van der Waals surface area contributed by atoms with E-state index in [0.717, 1.165) is 5.69 Å². The molecule has 0 fully saturated rings. The SMILES string of the molecule is COc1ccc(Cl)cc1NC(=O)[C@@H]1CC(=O)NC(Nc2ccccc2)=N1. The van der Waals surface area contributed by atoms with Crippen LogP contribution >= 0.6 is 11.6 Å². The first-order chi connectivity index (χ1) is 12.5. The number of hydrogen-bond acceptors (Lipinski definition) is 5. The summed E-state index contributed by atoms with van der Waals surface area (Å²) in [5, 5.41) is 8.77. The maximum absolute atomic E-state index is 12.6. The van der Waals surface area contributed by atoms with Gasteiger partial charge in [-0.25, -0.2) is 4.99 Å². The van der Waals surface area contributed by atoms with E-state index in [-0.39, 0.29) is 18.3 Å². The molecule has 0 unspecified atom stereocenters. The maximum atomic E-state index is 12.6. The Morgan fingerprint density at radius 3 is 2.77 bits per heavy atom. The number of halogens is 1. The Kier molecular flexibility index (Phi) is 5.38. The van der Waals surface area contributed by atoms with Crippen molar-refractivity contribution < 1.29 is 14.3 Å². The molecule has 1 atom stereocenters. The molecule has 3 rings (SSSR count). The van der Waals surface area contributed by atoms with Crippen LogP contribution in [0.5, 0.6) is 5.75 Å². The summed E-state index contributed by atoms with van der Waals surface area (Å²) in [6, 6.07) is 13.3. The Labute approximate surface area is 155 Å². The van der Waals surface area contributed by atoms with Gasteiger partial charge in [-0.2, -0.15) is 0 Å². The summed E-state index contributed by atoms with van der Waals surface area (Å²) in [7, 11) is 1.49. The number of nitrogens with one attached hydrogen (secondary N) is 3. The fourth-order valence-electron chi connectivity index (χ4n) is 2.46. The number of methoxy groups -OCH3 is 1. The fraction of sp³-hybridized carbons (Fsp3) is 0.167. The van der Waals surface area contributed by atoms with Crippen molar-refractivity contribution in [3.05, 3.63) is 53.6 Å². The highest BCUT2D eigenvalue weighted by Crippen LogP contribution is 2.28. The number of benzene rings is 2. The molecule has 0 saturated heterocycles. The minimum absolute atomic E-state index is 0.0469. The molecule has 1 heterocycles. The summed E-state index contributed by atoms with van der Waals surface area (Å²) in [5.41, 5.74) is 1.17. The van der Waals surface area contributed by atoms with Gasteiger partial charge in [0.15, 0.2) is 0 Å². The Hall–Kier alpha value is -3.06. The third-order valence-electron chi connectivity index (χ3n) is 3.68. The zero-order valence-electron chi connectivity index (χ0n) is 14.0. The molecule has 134 valence electrons. The highest BCUT2D eigenvalue weighted by molar-refractivity contribution is 6.31. The molecule has 0 saturated carbocycles. The lowest BCUT2D eigenvalue weighted by molar-refractivity contribution is -0.124. The molecule has 1 aliphatic rings. The van der Waals surface area contributed by atoms with E-state index in [2.05, 4.69) is 20.9 Å². The molecule has 2 aromatic carbocycles. The number of anilines is 2. The minimum Gasteiger partial charge on any atom is -0.495 e. The monoisotopic (exact) mass is 372 g/mol. The molecule has 0 aliphatic carbocycles. The number of para-hydroxylation sites is 1. The smallest absolute Gasteiger partial charge is 0.249 e. The summed E-state index contributed by atoms with van der Waals surface area (Å²) < 4.78 is 5.21. The molecular formula is C18H17ClN4O3. The van der Waals surface area contributed by atoms with Crippen molar-refractivity contribution in [2.24, 2.45) is 4.99 Å². The van der Waals surface area contributed by atoms with E-state index < -0.39 is 11.9 Å². The molecule has 2 aromatic rings. The molecule has 0 bridgehead atoms. The van der Waals surface area contributed by atoms with Gasteiger partial charge in [0.2, 0.25) is 17.8 Å². The van der Waals surface area contributed by atoms with Crippen molar-refractivity contribution >= 4 is 40.7 Å². The first-order valence-corrected chi connectivity index (χ1v) is 8.27. The van der Waals surface area contributed by atoms with Crippen molar-refractivity contribution in [2.45, 2.75) is 12.5 Å². The molecule has 7 nitrogen and oxygen atoms in total. The van der Waals surface area contributed by atoms with Gasteiger partial charge in [-0.1, -0.05) is 29.8 Å². The lowest BCUT2D eigenvalue weighted by atomic mass is 10.1. The third-order valence-corrected chi connectivity index (χ3v) is 3.92. The topological polar surface area (TPSA) is 91.8 Å². The fourth-order valence-corrected chi connectivity index (χ4v) is 2.63. The Morgan fingerprint density at radius 1 is 1.27 bits per heavy atom. The van der Waals surface area contributed by atoms with Gasteiger partial charge in [0, 0.05) is 10.7 Å². The average Bonchev–Trinajstić information content (AvgIpc) is 2.62. The molecular weight excluding hydrogens is 356 g/mol. The van der Waals surface area contributed by atoms with E-state index in [1.54, 1.807) is 18.2 Å². The predicted octanol–water partition coefficient (Wildman–Crippen LogP) is 2.64. The van der Waals surface area contributed by atoms with Crippen molar-refractivity contribution in [3.8, 4) is 5.75 Å². The van der Waals surface area contributed by atoms with Crippen LogP contribution in [0, 0.1) is 0 Å². The molecule has 3 N–H and O–H groups in total. The van der Waals surface area contributed by atoms with Crippen LogP contribution in [0.1, 0.15) is 6.42 Å². The highest BCUT2D eigenvalue weighted by atomic mass is 35.5. The Morgan fingerprint density at radius 2 is 2.04 bits per heavy atom. The number of hydrogen-bond donors (Lipinski definition) is 3. The summed E-state index contributed by atoms with van der Waals surface area (Å²) in [6.45, 7) is 0. The molecule has 0 spiro atoms. The normalized spacial score (nSPS) is 16.3. The molecule has 0 radical (unpaired) electrons. The van der Waals surface area contributed by atoms with Gasteiger partial charge in [-0.3, -0.25) is 14.9 Å². The van der Waals surface area contributed by atoms with Crippen LogP contribution in [0.4, 0.5) is 11.4 Å². The van der Waals surface area contributed by atoms with Crippen LogP contribution < -0.4 is 20.7 Å². The lowest BCUT2D eigenvalue weighted by Gasteiger charge is -2.21. The van der Waals surface area contributed by atoms with Crippen molar-refractivity contribution in [3.63, 3.8) is 0 Å². The van der Waals surface area contributed by atoms with Gasteiger partial charge in [0.1, 0.15) is 11.8 Å². The second kappa shape index (κ2) is 7.88. The van der Waals surface area contributed by atoms with Crippen molar-refractivity contribution in [2.75, 3.05) is 17.7 Å². The van der Waals surface area contributed by atoms with Crippen molar-refractivity contribution in [1.29, 1.82) is 0 Å². The summed E-state index contributed by atoms with van der Waals surface area (Å²) in [4.78, 5) is 28.8. The van der Waals surface area contributed by atoms with E-state index in [0.29, 0.717) is 16.5 Å². The zero-order valence-corrected chi connectivity index (χ0v) is 14.7. The number of nitrogens with zero attached hydrogens (tertiary/aromatic N) is 1. The first-order valence-electron chi connectivity index (χ1n) is 7.89. The van der Waals surface area contributed by atoms with Crippen LogP contribution in [0.15, 0.2) is 53.5 Å². The molecule has 0 aromatic heterocycles. The van der Waals surface area contributed by atoms with Gasteiger partial charge in [0.05, 0.1) is 19.2 Å². The number of amides is 2. The van der Waals surface area contributed by atoms with E-state index in [1.165, 1.54) is 7.11 Å². The highest BCUT2D eigenvalue weighted by Gasteiger charge is 2.27. The lowest BCUT2D eigenvalue weighted by Crippen LogP contribution is -2.45. The van der Waals surface area contributed by atoms with E-state index in [9.17, 15) is 9.59 Å². The number of carbonyl (C=O) groups is 2. The summed E-state index contributed by atoms with van der Waals surface area (Å²) >= 11 is 5.97. The first kappa shape index (κ1) is 17.8. The Bertz CT molecular complexity index is 855. The van der Waals surface area contributed by atoms with Crippen LogP contribution in [0.3, 0.4) is 0 Å². The van der Waals surface area contributed by atoms with Gasteiger partial charge < -0.3 is 15.4 Å². The van der Waals surface area contributed by atoms with E-state index in [4.69, 9.17) is 16.3 Å². The molecule has 26 heavy (non-hydrogen) atoms. The molecule has 8 heteroatoms. The summed E-state index contributed by atoms with van der Waals surface area (Å²) in [5.74, 6) is -0.0234. The Balaban J connectivity index is 1.77. The van der Waals surface area contributed by atoms with E-state index in [1.807, 2.05) is 30.3 Å². The number of guanidine groups is 1. The third kappa shape index (κ3) is 4.31. The molecule has 2 amide bonds. The maximum Gasteiger partial charge on any atom is 0.249 e. The van der Waals surface area contributed by atoms with Crippen LogP contribution in [-0.2, 0) is 9.59 Å². The van der Waals surface area contributed by atoms with Gasteiger partial charge in [-0.05, 0) is 30.3 Å². The standard InChI is InChI=1S/C18H17ClN4O3/c1-26-15-8-7-11(19)9-13(15)21-17(25)14-10-16(24)23-18(22-14)20-12-5-3-2-4-6-12/h2-9,14H,10H2,1H3,(H,21,25)(H2,20,22,23,24)/t14-/m0/s1.